The Labute approximate surface area is 161 Å². The van der Waals surface area contributed by atoms with Gasteiger partial charge in [0.1, 0.15) is 11.4 Å². The van der Waals surface area contributed by atoms with Crippen LogP contribution in [0, 0.1) is 11.7 Å². The van der Waals surface area contributed by atoms with E-state index in [1.165, 1.54) is 12.3 Å². The van der Waals surface area contributed by atoms with E-state index in [1.54, 1.807) is 0 Å². The summed E-state index contributed by atoms with van der Waals surface area (Å²) in [6.45, 7) is 1.43. The van der Waals surface area contributed by atoms with Crippen molar-refractivity contribution in [1.82, 2.24) is 4.57 Å². The number of hydrogen-bond acceptors (Lipinski definition) is 4. The zero-order chi connectivity index (χ0) is 19.6. The van der Waals surface area contributed by atoms with Crippen LogP contribution in [0.4, 0.5) is 10.1 Å². The fourth-order valence-electron chi connectivity index (χ4n) is 5.13. The van der Waals surface area contributed by atoms with Crippen molar-refractivity contribution in [3.8, 4) is 0 Å². The summed E-state index contributed by atoms with van der Waals surface area (Å²) in [5, 5.41) is 9.63. The Morgan fingerprint density at radius 2 is 2.04 bits per heavy atom. The second-order valence-corrected chi connectivity index (χ2v) is 8.41. The third-order valence-corrected chi connectivity index (χ3v) is 6.68. The quantitative estimate of drug-likeness (QED) is 0.848. The van der Waals surface area contributed by atoms with Gasteiger partial charge >= 0.3 is 5.97 Å². The second kappa shape index (κ2) is 6.30. The van der Waals surface area contributed by atoms with Crippen LogP contribution in [-0.2, 0) is 6.42 Å². The van der Waals surface area contributed by atoms with Crippen LogP contribution in [0.3, 0.4) is 0 Å². The fraction of sp³-hybridized carbons (Fsp3) is 0.524. The maximum Gasteiger partial charge on any atom is 0.341 e. The SMILES string of the molecule is NC[C@@H]1CCN2c3c(F)cc4c(=O)c(C(=O)O)cn(C5CC5)c4c3CC[C@@H]2C1. The van der Waals surface area contributed by atoms with Crippen LogP contribution in [0.2, 0.25) is 0 Å². The molecule has 3 heterocycles. The highest BCUT2D eigenvalue weighted by molar-refractivity contribution is 5.95. The average molecular weight is 385 g/mol. The first-order chi connectivity index (χ1) is 13.5. The van der Waals surface area contributed by atoms with Gasteiger partial charge in [0.2, 0.25) is 5.43 Å². The molecule has 1 saturated carbocycles. The number of hydrogen-bond donors (Lipinski definition) is 2. The molecule has 3 aliphatic rings. The number of carbonyl (C=O) groups is 1. The lowest BCUT2D eigenvalue weighted by molar-refractivity contribution is 0.0695. The van der Waals surface area contributed by atoms with Gasteiger partial charge in [-0.3, -0.25) is 4.79 Å². The van der Waals surface area contributed by atoms with E-state index in [9.17, 15) is 14.7 Å². The molecule has 6 nitrogen and oxygen atoms in total. The summed E-state index contributed by atoms with van der Waals surface area (Å²) in [5.74, 6) is -1.20. The molecular formula is C21H24FN3O3. The van der Waals surface area contributed by atoms with E-state index in [2.05, 4.69) is 4.90 Å². The maximum absolute atomic E-state index is 15.3. The zero-order valence-corrected chi connectivity index (χ0v) is 15.7. The van der Waals surface area contributed by atoms with Gasteiger partial charge in [0, 0.05) is 35.8 Å². The van der Waals surface area contributed by atoms with Gasteiger partial charge in [0.25, 0.3) is 0 Å². The summed E-state index contributed by atoms with van der Waals surface area (Å²) < 4.78 is 17.2. The Bertz CT molecular complexity index is 1040. The number of piperidine rings is 1. The Hall–Kier alpha value is -2.41. The number of carboxylic acid groups (broad SMARTS) is 1. The van der Waals surface area contributed by atoms with Gasteiger partial charge in [-0.15, -0.1) is 0 Å². The summed E-state index contributed by atoms with van der Waals surface area (Å²) in [6.07, 6.45) is 6.89. The first-order valence-corrected chi connectivity index (χ1v) is 10.1. The van der Waals surface area contributed by atoms with E-state index in [0.29, 0.717) is 24.6 Å². The highest BCUT2D eigenvalue weighted by Crippen LogP contribution is 2.44. The van der Waals surface area contributed by atoms with Crippen molar-refractivity contribution in [2.24, 2.45) is 11.7 Å². The number of nitrogens with two attached hydrogens (primary N) is 1. The lowest BCUT2D eigenvalue weighted by Gasteiger charge is -2.45. The summed E-state index contributed by atoms with van der Waals surface area (Å²) in [7, 11) is 0. The molecule has 0 spiro atoms. The number of anilines is 1. The zero-order valence-electron chi connectivity index (χ0n) is 15.7. The van der Waals surface area contributed by atoms with Crippen molar-refractivity contribution < 1.29 is 14.3 Å². The minimum absolute atomic E-state index is 0.191. The molecule has 2 aliphatic heterocycles. The van der Waals surface area contributed by atoms with Crippen molar-refractivity contribution in [3.05, 3.63) is 39.4 Å². The Morgan fingerprint density at radius 1 is 1.25 bits per heavy atom. The molecule has 0 radical (unpaired) electrons. The fourth-order valence-corrected chi connectivity index (χ4v) is 5.13. The Kier molecular flexibility index (Phi) is 3.98. The average Bonchev–Trinajstić information content (AvgIpc) is 3.52. The van der Waals surface area contributed by atoms with E-state index in [0.717, 1.165) is 49.7 Å². The van der Waals surface area contributed by atoms with E-state index in [4.69, 9.17) is 5.73 Å². The van der Waals surface area contributed by atoms with Crippen LogP contribution in [0.15, 0.2) is 17.1 Å². The van der Waals surface area contributed by atoms with Crippen LogP contribution in [0.5, 0.6) is 0 Å². The van der Waals surface area contributed by atoms with Crippen LogP contribution in [0.1, 0.15) is 54.1 Å². The van der Waals surface area contributed by atoms with Crippen molar-refractivity contribution in [3.63, 3.8) is 0 Å². The number of aromatic nitrogens is 1. The van der Waals surface area contributed by atoms with Crippen LogP contribution in [-0.4, -0.2) is 34.8 Å². The molecule has 7 heteroatoms. The first kappa shape index (κ1) is 17.7. The highest BCUT2D eigenvalue weighted by Gasteiger charge is 2.37. The summed E-state index contributed by atoms with van der Waals surface area (Å²) in [6, 6.07) is 1.73. The number of fused-ring (bicyclic) bond motifs is 5. The molecule has 2 aromatic rings. The predicted molar refractivity (Wildman–Crippen MR) is 105 cm³/mol. The van der Waals surface area contributed by atoms with Gasteiger partial charge < -0.3 is 20.3 Å². The summed E-state index contributed by atoms with van der Waals surface area (Å²) in [5.41, 5.74) is 7.18. The lowest BCUT2D eigenvalue weighted by atomic mass is 9.83. The van der Waals surface area contributed by atoms with E-state index in [-0.39, 0.29) is 23.0 Å². The molecular weight excluding hydrogens is 361 g/mol. The standard InChI is InChI=1S/C21H24FN3O3/c22-17-8-15-18(25(12-1-2-12)10-16(20(15)26)21(27)28)14-4-3-13-7-11(9-23)5-6-24(13)19(14)17/h8,10-13H,1-7,9,23H2,(H,27,28)/t11-,13-/m1/s1. The van der Waals surface area contributed by atoms with Gasteiger partial charge in [-0.2, -0.15) is 0 Å². The van der Waals surface area contributed by atoms with Crippen molar-refractivity contribution >= 4 is 22.6 Å². The number of rotatable bonds is 3. The minimum Gasteiger partial charge on any atom is -0.477 e. The number of aromatic carboxylic acids is 1. The number of nitrogens with zero attached hydrogens (tertiary/aromatic N) is 2. The molecule has 2 atom stereocenters. The van der Waals surface area contributed by atoms with E-state index >= 15 is 4.39 Å². The van der Waals surface area contributed by atoms with Crippen molar-refractivity contribution in [2.75, 3.05) is 18.0 Å². The Balaban J connectivity index is 1.75. The largest absolute Gasteiger partial charge is 0.477 e. The smallest absolute Gasteiger partial charge is 0.341 e. The van der Waals surface area contributed by atoms with Gasteiger partial charge in [0.15, 0.2) is 0 Å². The van der Waals surface area contributed by atoms with Gasteiger partial charge in [-0.25, -0.2) is 9.18 Å². The van der Waals surface area contributed by atoms with Gasteiger partial charge in [0.05, 0.1) is 11.2 Å². The molecule has 3 N–H and O–H groups in total. The number of pyridine rings is 1. The first-order valence-electron chi connectivity index (χ1n) is 10.1. The van der Waals surface area contributed by atoms with Crippen molar-refractivity contribution in [2.45, 2.75) is 50.6 Å². The molecule has 148 valence electrons. The van der Waals surface area contributed by atoms with Crippen LogP contribution >= 0.6 is 0 Å². The number of carboxylic acids is 1. The van der Waals surface area contributed by atoms with Crippen molar-refractivity contribution in [1.29, 1.82) is 0 Å². The molecule has 1 saturated heterocycles. The van der Waals surface area contributed by atoms with Crippen LogP contribution < -0.4 is 16.1 Å². The van der Waals surface area contributed by atoms with E-state index < -0.39 is 17.2 Å². The lowest BCUT2D eigenvalue weighted by Crippen LogP contribution is -2.47. The highest BCUT2D eigenvalue weighted by atomic mass is 19.1. The molecule has 28 heavy (non-hydrogen) atoms. The Morgan fingerprint density at radius 3 is 2.71 bits per heavy atom. The van der Waals surface area contributed by atoms with Gasteiger partial charge in [-0.05, 0) is 57.1 Å². The third-order valence-electron chi connectivity index (χ3n) is 6.68. The molecule has 1 aromatic carbocycles. The summed E-state index contributed by atoms with van der Waals surface area (Å²) >= 11 is 0. The van der Waals surface area contributed by atoms with Crippen LogP contribution in [0.25, 0.3) is 10.9 Å². The maximum atomic E-state index is 15.3. The van der Waals surface area contributed by atoms with Gasteiger partial charge in [-0.1, -0.05) is 0 Å². The molecule has 0 unspecified atom stereocenters. The monoisotopic (exact) mass is 385 g/mol. The molecule has 2 fully saturated rings. The molecule has 1 aromatic heterocycles. The molecule has 5 rings (SSSR count). The topological polar surface area (TPSA) is 88.6 Å². The normalized spacial score (nSPS) is 24.1. The van der Waals surface area contributed by atoms with E-state index in [1.807, 2.05) is 4.57 Å². The predicted octanol–water partition coefficient (Wildman–Crippen LogP) is 2.66. The molecule has 0 bridgehead atoms. The summed E-state index contributed by atoms with van der Waals surface area (Å²) in [4.78, 5) is 26.5. The number of benzene rings is 1. The third kappa shape index (κ3) is 2.56. The number of aryl methyl sites for hydroxylation is 1. The number of halogens is 1. The second-order valence-electron chi connectivity index (χ2n) is 8.41. The molecule has 0 amide bonds. The minimum atomic E-state index is -1.26. The molecule has 1 aliphatic carbocycles.